The van der Waals surface area contributed by atoms with E-state index in [1.54, 1.807) is 12.1 Å². The normalized spacial score (nSPS) is 25.1. The number of carbonyl (C=O) groups is 2. The molecule has 0 bridgehead atoms. The van der Waals surface area contributed by atoms with Crippen LogP contribution in [0.25, 0.3) is 0 Å². The Morgan fingerprint density at radius 2 is 2.00 bits per heavy atom. The van der Waals surface area contributed by atoms with E-state index in [4.69, 9.17) is 23.2 Å². The van der Waals surface area contributed by atoms with Crippen molar-refractivity contribution in [1.29, 1.82) is 0 Å². The van der Waals surface area contributed by atoms with E-state index in [9.17, 15) is 14.7 Å². The highest BCUT2D eigenvalue weighted by Crippen LogP contribution is 2.46. The van der Waals surface area contributed by atoms with Gasteiger partial charge in [-0.2, -0.15) is 0 Å². The smallest absolute Gasteiger partial charge is 0.327 e. The summed E-state index contributed by atoms with van der Waals surface area (Å²) in [6.45, 7) is 0. The summed E-state index contributed by atoms with van der Waals surface area (Å²) < 4.78 is 0. The standard InChI is InChI=1S/C14H13Cl2NO3S/c15-8-3-4-10(16)9(5-8)12(18)17-11(14(19)20)6-21-13(17)7-1-2-7/h3-5,7,11,13H,1-2,6H2,(H,19,20). The van der Waals surface area contributed by atoms with Crippen LogP contribution in [-0.4, -0.2) is 39.1 Å². The van der Waals surface area contributed by atoms with Crippen LogP contribution in [0.3, 0.4) is 0 Å². The lowest BCUT2D eigenvalue weighted by Crippen LogP contribution is -2.46. The third kappa shape index (κ3) is 2.87. The molecule has 0 radical (unpaired) electrons. The Labute approximate surface area is 136 Å². The molecule has 1 aliphatic carbocycles. The van der Waals surface area contributed by atoms with Gasteiger partial charge in [-0.25, -0.2) is 4.79 Å². The van der Waals surface area contributed by atoms with Crippen LogP contribution in [0.5, 0.6) is 0 Å². The van der Waals surface area contributed by atoms with Crippen LogP contribution in [0, 0.1) is 5.92 Å². The van der Waals surface area contributed by atoms with Gasteiger partial charge < -0.3 is 10.0 Å². The van der Waals surface area contributed by atoms with Crippen LogP contribution in [0.15, 0.2) is 18.2 Å². The maximum absolute atomic E-state index is 12.8. The predicted octanol–water partition coefficient (Wildman–Crippen LogP) is 3.37. The molecule has 1 amide bonds. The summed E-state index contributed by atoms with van der Waals surface area (Å²) in [6.07, 6.45) is 2.08. The van der Waals surface area contributed by atoms with Crippen LogP contribution in [0.2, 0.25) is 10.0 Å². The highest BCUT2D eigenvalue weighted by molar-refractivity contribution is 8.00. The number of amides is 1. The molecule has 4 nitrogen and oxygen atoms in total. The van der Waals surface area contributed by atoms with Crippen molar-refractivity contribution in [2.75, 3.05) is 5.75 Å². The Morgan fingerprint density at radius 1 is 1.29 bits per heavy atom. The Hall–Kier alpha value is -0.910. The molecular weight excluding hydrogens is 333 g/mol. The average Bonchev–Trinajstić information content (AvgIpc) is 3.19. The van der Waals surface area contributed by atoms with Gasteiger partial charge in [-0.3, -0.25) is 4.79 Å². The van der Waals surface area contributed by atoms with Crippen LogP contribution < -0.4 is 0 Å². The van der Waals surface area contributed by atoms with Crippen molar-refractivity contribution >= 4 is 46.8 Å². The minimum atomic E-state index is -0.975. The maximum Gasteiger partial charge on any atom is 0.327 e. The fourth-order valence-corrected chi connectivity index (χ4v) is 4.52. The lowest BCUT2D eigenvalue weighted by molar-refractivity contribution is -0.141. The first-order chi connectivity index (χ1) is 9.99. The summed E-state index contributed by atoms with van der Waals surface area (Å²) in [5, 5.41) is 9.98. The number of nitrogens with zero attached hydrogens (tertiary/aromatic N) is 1. The number of carbonyl (C=O) groups excluding carboxylic acids is 1. The number of benzene rings is 1. The van der Waals surface area contributed by atoms with Gasteiger partial charge in [0.15, 0.2) is 0 Å². The summed E-state index contributed by atoms with van der Waals surface area (Å²) in [5.74, 6) is -0.518. The summed E-state index contributed by atoms with van der Waals surface area (Å²) >= 11 is 13.5. The molecule has 1 aliphatic heterocycles. The lowest BCUT2D eigenvalue weighted by atomic mass is 10.1. The number of hydrogen-bond donors (Lipinski definition) is 1. The molecule has 7 heteroatoms. The largest absolute Gasteiger partial charge is 0.480 e. The quantitative estimate of drug-likeness (QED) is 0.912. The number of carboxylic acid groups (broad SMARTS) is 1. The van der Waals surface area contributed by atoms with Crippen molar-refractivity contribution in [1.82, 2.24) is 4.90 Å². The molecule has 1 aromatic carbocycles. The molecule has 21 heavy (non-hydrogen) atoms. The highest BCUT2D eigenvalue weighted by atomic mass is 35.5. The molecule has 2 fully saturated rings. The fraction of sp³-hybridized carbons (Fsp3) is 0.429. The minimum absolute atomic E-state index is 0.0753. The Bertz CT molecular complexity index is 606. The summed E-state index contributed by atoms with van der Waals surface area (Å²) in [4.78, 5) is 25.7. The molecule has 1 aromatic rings. The summed E-state index contributed by atoms with van der Waals surface area (Å²) in [6, 6.07) is 3.86. The number of hydrogen-bond acceptors (Lipinski definition) is 3. The second kappa shape index (κ2) is 5.71. The van der Waals surface area contributed by atoms with E-state index in [0.29, 0.717) is 21.7 Å². The van der Waals surface area contributed by atoms with Crippen molar-refractivity contribution in [3.8, 4) is 0 Å². The van der Waals surface area contributed by atoms with Crippen molar-refractivity contribution in [2.24, 2.45) is 5.92 Å². The first kappa shape index (κ1) is 15.0. The van der Waals surface area contributed by atoms with Crippen LogP contribution in [0.1, 0.15) is 23.2 Å². The number of carboxylic acids is 1. The topological polar surface area (TPSA) is 57.6 Å². The van der Waals surface area contributed by atoms with Gasteiger partial charge in [0.1, 0.15) is 6.04 Å². The molecule has 0 spiro atoms. The number of aliphatic carboxylic acids is 1. The van der Waals surface area contributed by atoms with Crippen LogP contribution in [0.4, 0.5) is 0 Å². The Kier molecular flexibility index (Phi) is 4.08. The lowest BCUT2D eigenvalue weighted by Gasteiger charge is -2.27. The van der Waals surface area contributed by atoms with E-state index in [1.807, 2.05) is 0 Å². The molecule has 1 saturated heterocycles. The molecule has 2 aliphatic rings. The Morgan fingerprint density at radius 3 is 2.62 bits per heavy atom. The second-order valence-electron chi connectivity index (χ2n) is 5.25. The first-order valence-corrected chi connectivity index (χ1v) is 8.41. The number of thioether (sulfide) groups is 1. The van der Waals surface area contributed by atoms with Crippen molar-refractivity contribution in [3.63, 3.8) is 0 Å². The van der Waals surface area contributed by atoms with Gasteiger partial charge in [0.25, 0.3) is 5.91 Å². The van der Waals surface area contributed by atoms with Gasteiger partial charge in [-0.15, -0.1) is 11.8 Å². The van der Waals surface area contributed by atoms with Gasteiger partial charge in [-0.05, 0) is 37.0 Å². The van der Waals surface area contributed by atoms with Gasteiger partial charge >= 0.3 is 5.97 Å². The molecule has 1 heterocycles. The number of rotatable bonds is 3. The second-order valence-corrected chi connectivity index (χ2v) is 7.25. The minimum Gasteiger partial charge on any atom is -0.480 e. The molecule has 2 unspecified atom stereocenters. The molecule has 112 valence electrons. The third-order valence-corrected chi connectivity index (χ3v) is 5.76. The fourth-order valence-electron chi connectivity index (χ4n) is 2.52. The van der Waals surface area contributed by atoms with Crippen molar-refractivity contribution in [2.45, 2.75) is 24.3 Å². The molecule has 3 rings (SSSR count). The van der Waals surface area contributed by atoms with Crippen LogP contribution >= 0.6 is 35.0 Å². The van der Waals surface area contributed by atoms with Gasteiger partial charge in [0.05, 0.1) is 16.0 Å². The zero-order valence-electron chi connectivity index (χ0n) is 11.0. The van der Waals surface area contributed by atoms with Gasteiger partial charge in [0, 0.05) is 10.8 Å². The molecule has 2 atom stereocenters. The zero-order chi connectivity index (χ0) is 15.1. The summed E-state index contributed by atoms with van der Waals surface area (Å²) in [5.41, 5.74) is 0.267. The number of halogens is 2. The third-order valence-electron chi connectivity index (χ3n) is 3.74. The van der Waals surface area contributed by atoms with E-state index in [2.05, 4.69) is 0 Å². The Balaban J connectivity index is 1.95. The van der Waals surface area contributed by atoms with Crippen molar-refractivity contribution in [3.05, 3.63) is 33.8 Å². The molecular formula is C14H13Cl2NO3S. The predicted molar refractivity (Wildman–Crippen MR) is 83.0 cm³/mol. The first-order valence-electron chi connectivity index (χ1n) is 6.61. The van der Waals surface area contributed by atoms with Crippen molar-refractivity contribution < 1.29 is 14.7 Å². The molecule has 0 aromatic heterocycles. The van der Waals surface area contributed by atoms with E-state index in [-0.39, 0.29) is 16.8 Å². The molecule has 1 saturated carbocycles. The van der Waals surface area contributed by atoms with E-state index < -0.39 is 12.0 Å². The van der Waals surface area contributed by atoms with Gasteiger partial charge in [-0.1, -0.05) is 23.2 Å². The summed E-state index contributed by atoms with van der Waals surface area (Å²) in [7, 11) is 0. The van der Waals surface area contributed by atoms with Crippen LogP contribution in [-0.2, 0) is 4.79 Å². The monoisotopic (exact) mass is 345 g/mol. The molecule has 1 N–H and O–H groups in total. The average molecular weight is 346 g/mol. The van der Waals surface area contributed by atoms with E-state index in [0.717, 1.165) is 12.8 Å². The van der Waals surface area contributed by atoms with Gasteiger partial charge in [0.2, 0.25) is 0 Å². The SMILES string of the molecule is O=C(O)C1CSC(C2CC2)N1C(=O)c1cc(Cl)ccc1Cl. The zero-order valence-corrected chi connectivity index (χ0v) is 13.3. The highest BCUT2D eigenvalue weighted by Gasteiger charge is 2.48. The maximum atomic E-state index is 12.8. The van der Waals surface area contributed by atoms with E-state index >= 15 is 0 Å². The van der Waals surface area contributed by atoms with E-state index in [1.165, 1.54) is 22.7 Å².